The van der Waals surface area contributed by atoms with Gasteiger partial charge in [0, 0.05) is 6.42 Å². The van der Waals surface area contributed by atoms with Gasteiger partial charge in [-0.1, -0.05) is 32.9 Å². The maximum absolute atomic E-state index is 11.9. The molecule has 1 unspecified atom stereocenters. The summed E-state index contributed by atoms with van der Waals surface area (Å²) >= 11 is 0. The third-order valence-corrected chi connectivity index (χ3v) is 3.26. The van der Waals surface area contributed by atoms with E-state index in [-0.39, 0.29) is 18.2 Å². The molecule has 0 saturated heterocycles. The molecule has 0 saturated carbocycles. The van der Waals surface area contributed by atoms with E-state index in [0.29, 0.717) is 13.0 Å². The highest BCUT2D eigenvalue weighted by atomic mass is 16.5. The van der Waals surface area contributed by atoms with Crippen LogP contribution in [0.1, 0.15) is 39.2 Å². The van der Waals surface area contributed by atoms with Gasteiger partial charge in [-0.05, 0) is 36.5 Å². The predicted molar refractivity (Wildman–Crippen MR) is 85.0 cm³/mol. The molecular weight excluding hydrogens is 282 g/mol. The zero-order valence-corrected chi connectivity index (χ0v) is 13.5. The smallest absolute Gasteiger partial charge is 0.326 e. The molecule has 0 aliphatic rings. The average molecular weight is 307 g/mol. The van der Waals surface area contributed by atoms with Crippen LogP contribution in [-0.2, 0) is 16.0 Å². The zero-order chi connectivity index (χ0) is 16.5. The van der Waals surface area contributed by atoms with Crippen molar-refractivity contribution in [3.63, 3.8) is 0 Å². The van der Waals surface area contributed by atoms with Crippen molar-refractivity contribution >= 4 is 11.9 Å². The molecule has 0 aliphatic heterocycles. The minimum Gasteiger partial charge on any atom is -0.494 e. The molecule has 0 bridgehead atoms. The first-order valence-electron chi connectivity index (χ1n) is 7.68. The minimum atomic E-state index is -1.00. The Labute approximate surface area is 131 Å². The number of carboxylic acids is 1. The molecule has 22 heavy (non-hydrogen) atoms. The number of benzene rings is 1. The van der Waals surface area contributed by atoms with E-state index in [0.717, 1.165) is 17.7 Å². The number of carbonyl (C=O) groups is 2. The zero-order valence-electron chi connectivity index (χ0n) is 13.5. The summed E-state index contributed by atoms with van der Waals surface area (Å²) in [6.07, 6.45) is 1.76. The lowest BCUT2D eigenvalue weighted by atomic mass is 10.0. The van der Waals surface area contributed by atoms with Crippen molar-refractivity contribution in [1.29, 1.82) is 0 Å². The molecule has 122 valence electrons. The molecule has 2 N–H and O–H groups in total. The van der Waals surface area contributed by atoms with Crippen molar-refractivity contribution in [2.45, 2.75) is 46.1 Å². The fraction of sp³-hybridized carbons (Fsp3) is 0.529. The first kappa shape index (κ1) is 18.0. The van der Waals surface area contributed by atoms with Gasteiger partial charge in [-0.3, -0.25) is 4.79 Å². The van der Waals surface area contributed by atoms with E-state index in [2.05, 4.69) is 5.32 Å². The molecule has 0 aliphatic carbocycles. The molecule has 0 aromatic heterocycles. The molecule has 5 nitrogen and oxygen atoms in total. The fourth-order valence-corrected chi connectivity index (χ4v) is 2.03. The molecule has 1 aromatic carbocycles. The molecule has 1 atom stereocenters. The van der Waals surface area contributed by atoms with Gasteiger partial charge in [0.1, 0.15) is 11.8 Å². The first-order chi connectivity index (χ1) is 10.4. The van der Waals surface area contributed by atoms with Gasteiger partial charge in [-0.15, -0.1) is 0 Å². The summed E-state index contributed by atoms with van der Waals surface area (Å²) in [5.74, 6) is -0.600. The van der Waals surface area contributed by atoms with Gasteiger partial charge < -0.3 is 15.2 Å². The largest absolute Gasteiger partial charge is 0.494 e. The van der Waals surface area contributed by atoms with Crippen LogP contribution in [0.5, 0.6) is 5.75 Å². The van der Waals surface area contributed by atoms with Crippen LogP contribution in [0.25, 0.3) is 0 Å². The molecule has 0 spiro atoms. The van der Waals surface area contributed by atoms with E-state index in [1.807, 2.05) is 31.2 Å². The van der Waals surface area contributed by atoms with E-state index in [1.54, 1.807) is 13.8 Å². The third-order valence-electron chi connectivity index (χ3n) is 3.26. The molecular formula is C17H25NO4. The Morgan fingerprint density at radius 1 is 1.32 bits per heavy atom. The van der Waals surface area contributed by atoms with Gasteiger partial charge >= 0.3 is 5.97 Å². The van der Waals surface area contributed by atoms with Gasteiger partial charge in [-0.2, -0.15) is 0 Å². The van der Waals surface area contributed by atoms with E-state index in [4.69, 9.17) is 9.84 Å². The Bertz CT molecular complexity index is 499. The number of hydrogen-bond donors (Lipinski definition) is 2. The lowest BCUT2D eigenvalue weighted by Gasteiger charge is -2.17. The highest BCUT2D eigenvalue weighted by Crippen LogP contribution is 2.15. The number of rotatable bonds is 9. The summed E-state index contributed by atoms with van der Waals surface area (Å²) in [4.78, 5) is 23.0. The Balaban J connectivity index is 2.51. The second-order valence-corrected chi connectivity index (χ2v) is 5.62. The quantitative estimate of drug-likeness (QED) is 0.735. The number of hydrogen-bond acceptors (Lipinski definition) is 3. The summed E-state index contributed by atoms with van der Waals surface area (Å²) in [7, 11) is 0. The van der Waals surface area contributed by atoms with Crippen molar-refractivity contribution in [3.05, 3.63) is 29.8 Å². The van der Waals surface area contributed by atoms with Gasteiger partial charge in [0.15, 0.2) is 0 Å². The Morgan fingerprint density at radius 3 is 2.64 bits per heavy atom. The van der Waals surface area contributed by atoms with E-state index >= 15 is 0 Å². The molecule has 1 rings (SSSR count). The standard InChI is InChI=1S/C17H25NO4/c1-4-10-22-14-7-5-6-13(11-14)8-9-15(19)18-16(12(2)3)17(20)21/h5-7,11-12,16H,4,8-10H2,1-3H3,(H,18,19)(H,20,21). The second-order valence-electron chi connectivity index (χ2n) is 5.62. The van der Waals surface area contributed by atoms with Crippen LogP contribution in [0.4, 0.5) is 0 Å². The van der Waals surface area contributed by atoms with Crippen molar-refractivity contribution in [1.82, 2.24) is 5.32 Å². The van der Waals surface area contributed by atoms with Crippen molar-refractivity contribution in [2.75, 3.05) is 6.61 Å². The minimum absolute atomic E-state index is 0.146. The highest BCUT2D eigenvalue weighted by Gasteiger charge is 2.22. The van der Waals surface area contributed by atoms with Crippen LogP contribution in [0, 0.1) is 5.92 Å². The van der Waals surface area contributed by atoms with Gasteiger partial charge in [-0.25, -0.2) is 4.79 Å². The molecule has 0 fully saturated rings. The Kier molecular flexibility index (Phi) is 7.43. The van der Waals surface area contributed by atoms with Crippen LogP contribution in [0.2, 0.25) is 0 Å². The van der Waals surface area contributed by atoms with E-state index < -0.39 is 12.0 Å². The summed E-state index contributed by atoms with van der Waals surface area (Å²) in [6, 6.07) is 6.79. The van der Waals surface area contributed by atoms with Crippen LogP contribution in [0.3, 0.4) is 0 Å². The van der Waals surface area contributed by atoms with Crippen LogP contribution in [-0.4, -0.2) is 29.6 Å². The number of ether oxygens (including phenoxy) is 1. The molecule has 1 aromatic rings. The number of aryl methyl sites for hydroxylation is 1. The van der Waals surface area contributed by atoms with Crippen LogP contribution >= 0.6 is 0 Å². The van der Waals surface area contributed by atoms with Crippen molar-refractivity contribution < 1.29 is 19.4 Å². The first-order valence-corrected chi connectivity index (χ1v) is 7.68. The van der Waals surface area contributed by atoms with Crippen LogP contribution < -0.4 is 10.1 Å². The lowest BCUT2D eigenvalue weighted by molar-refractivity contribution is -0.143. The Hall–Kier alpha value is -2.04. The van der Waals surface area contributed by atoms with E-state index in [9.17, 15) is 9.59 Å². The maximum atomic E-state index is 11.9. The highest BCUT2D eigenvalue weighted by molar-refractivity contribution is 5.83. The topological polar surface area (TPSA) is 75.6 Å². The SMILES string of the molecule is CCCOc1cccc(CCC(=O)NC(C(=O)O)C(C)C)c1. The monoisotopic (exact) mass is 307 g/mol. The van der Waals surface area contributed by atoms with Gasteiger partial charge in [0.25, 0.3) is 0 Å². The lowest BCUT2D eigenvalue weighted by Crippen LogP contribution is -2.44. The third kappa shape index (κ3) is 6.16. The number of carbonyl (C=O) groups excluding carboxylic acids is 1. The number of aliphatic carboxylic acids is 1. The Morgan fingerprint density at radius 2 is 2.05 bits per heavy atom. The van der Waals surface area contributed by atoms with Gasteiger partial charge in [0.05, 0.1) is 6.61 Å². The predicted octanol–water partition coefficient (Wildman–Crippen LogP) is 2.63. The van der Waals surface area contributed by atoms with Crippen molar-refractivity contribution in [3.8, 4) is 5.75 Å². The second kappa shape index (κ2) is 9.07. The number of nitrogens with one attached hydrogen (secondary N) is 1. The van der Waals surface area contributed by atoms with Crippen LogP contribution in [0.15, 0.2) is 24.3 Å². The number of carboxylic acid groups (broad SMARTS) is 1. The van der Waals surface area contributed by atoms with Crippen molar-refractivity contribution in [2.24, 2.45) is 5.92 Å². The summed E-state index contributed by atoms with van der Waals surface area (Å²) in [5.41, 5.74) is 1.00. The number of amides is 1. The molecule has 1 amide bonds. The maximum Gasteiger partial charge on any atom is 0.326 e. The molecule has 0 radical (unpaired) electrons. The van der Waals surface area contributed by atoms with E-state index in [1.165, 1.54) is 0 Å². The normalized spacial score (nSPS) is 12.0. The summed E-state index contributed by atoms with van der Waals surface area (Å²) < 4.78 is 5.55. The summed E-state index contributed by atoms with van der Waals surface area (Å²) in [6.45, 7) is 6.25. The fourth-order valence-electron chi connectivity index (χ4n) is 2.03. The molecule has 5 heteroatoms. The average Bonchev–Trinajstić information content (AvgIpc) is 2.48. The van der Waals surface area contributed by atoms with Gasteiger partial charge in [0.2, 0.25) is 5.91 Å². The summed E-state index contributed by atoms with van der Waals surface area (Å²) in [5, 5.41) is 11.6. The molecule has 0 heterocycles.